The second-order valence-corrected chi connectivity index (χ2v) is 2.71. The lowest BCUT2D eigenvalue weighted by atomic mass is 10.2. The molecule has 0 saturated carbocycles. The molecule has 0 unspecified atom stereocenters. The number of nitriles is 1. The van der Waals surface area contributed by atoms with Gasteiger partial charge in [-0.05, 0) is 0 Å². The molecule has 4 heteroatoms. The fourth-order valence-corrected chi connectivity index (χ4v) is 1.26. The summed E-state index contributed by atoms with van der Waals surface area (Å²) in [6.07, 6.45) is 0. The molecule has 0 spiro atoms. The van der Waals surface area contributed by atoms with Crippen molar-refractivity contribution in [1.29, 1.82) is 5.26 Å². The minimum atomic E-state index is 0.367. The molecule has 68 valence electrons. The maximum Gasteiger partial charge on any atom is 0.155 e. The van der Waals surface area contributed by atoms with Crippen molar-refractivity contribution in [2.24, 2.45) is 0 Å². The van der Waals surface area contributed by atoms with E-state index in [0.717, 1.165) is 0 Å². The summed E-state index contributed by atoms with van der Waals surface area (Å²) in [6, 6.07) is 5.15. The van der Waals surface area contributed by atoms with Crippen molar-refractivity contribution in [3.05, 3.63) is 22.7 Å². The van der Waals surface area contributed by atoms with Crippen molar-refractivity contribution < 1.29 is 9.47 Å². The first-order valence-corrected chi connectivity index (χ1v) is 3.92. The molecule has 0 aromatic heterocycles. The highest BCUT2D eigenvalue weighted by Gasteiger charge is 2.09. The number of hydrogen-bond acceptors (Lipinski definition) is 3. The van der Waals surface area contributed by atoms with E-state index < -0.39 is 0 Å². The van der Waals surface area contributed by atoms with E-state index in [9.17, 15) is 0 Å². The zero-order valence-corrected chi connectivity index (χ0v) is 8.05. The minimum Gasteiger partial charge on any atom is -0.497 e. The first-order chi connectivity index (χ1) is 6.22. The lowest BCUT2D eigenvalue weighted by molar-refractivity contribution is 0.402. The lowest BCUT2D eigenvalue weighted by Crippen LogP contribution is -1.91. The normalized spacial score (nSPS) is 9.08. The maximum atomic E-state index is 8.75. The van der Waals surface area contributed by atoms with Crippen molar-refractivity contribution in [1.82, 2.24) is 0 Å². The third-order valence-electron chi connectivity index (χ3n) is 1.58. The van der Waals surface area contributed by atoms with Gasteiger partial charge in [0.25, 0.3) is 0 Å². The van der Waals surface area contributed by atoms with Crippen LogP contribution in [-0.4, -0.2) is 14.2 Å². The van der Waals surface area contributed by atoms with Crippen molar-refractivity contribution in [3.63, 3.8) is 0 Å². The van der Waals surface area contributed by atoms with Crippen LogP contribution in [0.5, 0.6) is 11.5 Å². The van der Waals surface area contributed by atoms with Crippen LogP contribution in [-0.2, 0) is 0 Å². The van der Waals surface area contributed by atoms with Gasteiger partial charge in [0.15, 0.2) is 5.75 Å². The molecule has 0 saturated heterocycles. The van der Waals surface area contributed by atoms with Crippen LogP contribution in [0.15, 0.2) is 12.1 Å². The molecule has 0 fully saturated rings. The number of methoxy groups -OCH3 is 2. The van der Waals surface area contributed by atoms with E-state index in [1.54, 1.807) is 12.1 Å². The Bertz CT molecular complexity index is 357. The van der Waals surface area contributed by atoms with Crippen molar-refractivity contribution in [2.75, 3.05) is 14.2 Å². The molecular weight excluding hydrogens is 190 g/mol. The number of hydrogen-bond donors (Lipinski definition) is 0. The van der Waals surface area contributed by atoms with E-state index in [1.807, 2.05) is 6.07 Å². The van der Waals surface area contributed by atoms with Crippen molar-refractivity contribution in [2.45, 2.75) is 0 Å². The Balaban J connectivity index is 3.31. The minimum absolute atomic E-state index is 0.367. The van der Waals surface area contributed by atoms with E-state index in [1.165, 1.54) is 14.2 Å². The van der Waals surface area contributed by atoms with Crippen LogP contribution in [0, 0.1) is 11.3 Å². The highest BCUT2D eigenvalue weighted by atomic mass is 35.5. The van der Waals surface area contributed by atoms with E-state index in [2.05, 4.69) is 0 Å². The Kier molecular flexibility index (Phi) is 2.99. The maximum absolute atomic E-state index is 8.75. The molecule has 0 bridgehead atoms. The summed E-state index contributed by atoms with van der Waals surface area (Å²) in [4.78, 5) is 0. The summed E-state index contributed by atoms with van der Waals surface area (Å²) in [6.45, 7) is 0. The van der Waals surface area contributed by atoms with Gasteiger partial charge in [0.05, 0.1) is 24.8 Å². The molecular formula is C9H8ClNO2. The highest BCUT2D eigenvalue weighted by Crippen LogP contribution is 2.32. The molecule has 0 aliphatic heterocycles. The van der Waals surface area contributed by atoms with Gasteiger partial charge in [-0.3, -0.25) is 0 Å². The second-order valence-electron chi connectivity index (χ2n) is 2.30. The number of ether oxygens (including phenoxy) is 2. The summed E-state index contributed by atoms with van der Waals surface area (Å²) >= 11 is 5.84. The van der Waals surface area contributed by atoms with Crippen LogP contribution in [0.25, 0.3) is 0 Å². The number of rotatable bonds is 2. The molecule has 13 heavy (non-hydrogen) atoms. The molecule has 0 radical (unpaired) electrons. The van der Waals surface area contributed by atoms with Crippen LogP contribution < -0.4 is 9.47 Å². The average molecular weight is 198 g/mol. The lowest BCUT2D eigenvalue weighted by Gasteiger charge is -2.07. The Hall–Kier alpha value is -1.40. The zero-order chi connectivity index (χ0) is 9.84. The molecule has 3 nitrogen and oxygen atoms in total. The smallest absolute Gasteiger partial charge is 0.155 e. The number of benzene rings is 1. The van der Waals surface area contributed by atoms with Crippen LogP contribution in [0.3, 0.4) is 0 Å². The third-order valence-corrected chi connectivity index (χ3v) is 1.86. The molecule has 0 amide bonds. The van der Waals surface area contributed by atoms with Gasteiger partial charge in [-0.2, -0.15) is 5.26 Å². The molecule has 0 aliphatic rings. The summed E-state index contributed by atoms with van der Waals surface area (Å²) in [7, 11) is 2.98. The second kappa shape index (κ2) is 4.01. The molecule has 1 aromatic rings. The average Bonchev–Trinajstić information content (AvgIpc) is 2.16. The van der Waals surface area contributed by atoms with Gasteiger partial charge in [0.1, 0.15) is 11.8 Å². The van der Waals surface area contributed by atoms with E-state index in [4.69, 9.17) is 26.3 Å². The third kappa shape index (κ3) is 1.85. The molecule has 0 N–H and O–H groups in total. The zero-order valence-electron chi connectivity index (χ0n) is 7.30. The van der Waals surface area contributed by atoms with Crippen LogP contribution in [0.1, 0.15) is 5.56 Å². The van der Waals surface area contributed by atoms with Crippen LogP contribution in [0.2, 0.25) is 5.02 Å². The van der Waals surface area contributed by atoms with Gasteiger partial charge in [-0.25, -0.2) is 0 Å². The molecule has 0 aliphatic carbocycles. The van der Waals surface area contributed by atoms with Gasteiger partial charge in [0, 0.05) is 12.1 Å². The summed E-state index contributed by atoms with van der Waals surface area (Å²) in [5, 5.41) is 9.12. The van der Waals surface area contributed by atoms with E-state index in [-0.39, 0.29) is 0 Å². The van der Waals surface area contributed by atoms with Crippen LogP contribution >= 0.6 is 11.6 Å². The molecule has 0 heterocycles. The van der Waals surface area contributed by atoms with E-state index >= 15 is 0 Å². The Morgan fingerprint density at radius 3 is 2.46 bits per heavy atom. The van der Waals surface area contributed by atoms with E-state index in [0.29, 0.717) is 22.1 Å². The van der Waals surface area contributed by atoms with Crippen LogP contribution in [0.4, 0.5) is 0 Å². The fourth-order valence-electron chi connectivity index (χ4n) is 0.977. The monoisotopic (exact) mass is 197 g/mol. The van der Waals surface area contributed by atoms with Gasteiger partial charge < -0.3 is 9.47 Å². The quantitative estimate of drug-likeness (QED) is 0.730. The first-order valence-electron chi connectivity index (χ1n) is 3.54. The first kappa shape index (κ1) is 9.69. The number of nitrogens with zero attached hydrogens (tertiary/aromatic N) is 1. The van der Waals surface area contributed by atoms with Crippen molar-refractivity contribution in [3.8, 4) is 17.6 Å². The topological polar surface area (TPSA) is 42.2 Å². The summed E-state index contributed by atoms with van der Waals surface area (Å²) in [5.74, 6) is 0.923. The predicted molar refractivity (Wildman–Crippen MR) is 49.3 cm³/mol. The van der Waals surface area contributed by atoms with Gasteiger partial charge in [-0.1, -0.05) is 11.6 Å². The molecule has 1 aromatic carbocycles. The van der Waals surface area contributed by atoms with Gasteiger partial charge in [0.2, 0.25) is 0 Å². The molecule has 0 atom stereocenters. The summed E-state index contributed by atoms with van der Waals surface area (Å²) in [5.41, 5.74) is 0.367. The highest BCUT2D eigenvalue weighted by molar-refractivity contribution is 6.32. The fraction of sp³-hybridized carbons (Fsp3) is 0.222. The standard InChI is InChI=1S/C9H8ClNO2/c1-12-7-3-6(5-11)9(13-2)8(10)4-7/h3-4H,1-2H3. The molecule has 1 rings (SSSR count). The summed E-state index contributed by atoms with van der Waals surface area (Å²) < 4.78 is 9.90. The Morgan fingerprint density at radius 2 is 2.00 bits per heavy atom. The Morgan fingerprint density at radius 1 is 1.31 bits per heavy atom. The number of halogens is 1. The van der Waals surface area contributed by atoms with Gasteiger partial charge in [-0.15, -0.1) is 0 Å². The largest absolute Gasteiger partial charge is 0.497 e. The SMILES string of the molecule is COc1cc(Cl)c(OC)c(C#N)c1. The van der Waals surface area contributed by atoms with Gasteiger partial charge >= 0.3 is 0 Å². The van der Waals surface area contributed by atoms with Crippen molar-refractivity contribution >= 4 is 11.6 Å². The predicted octanol–water partition coefficient (Wildman–Crippen LogP) is 2.23. The Labute approximate surface area is 81.4 Å².